The number of benzene rings is 2. The van der Waals surface area contributed by atoms with Crippen LogP contribution in [0.25, 0.3) is 5.69 Å². The molecule has 1 saturated heterocycles. The van der Waals surface area contributed by atoms with Gasteiger partial charge >= 0.3 is 0 Å². The number of carbonyl (C=O) groups is 1. The number of aromatic nitrogens is 3. The lowest BCUT2D eigenvalue weighted by atomic mass is 9.83. The maximum Gasteiger partial charge on any atom is 0.256 e. The van der Waals surface area contributed by atoms with Crippen LogP contribution >= 0.6 is 11.8 Å². The Balaban J connectivity index is 1.60. The molecule has 172 valence electrons. The molecule has 0 saturated carbocycles. The van der Waals surface area contributed by atoms with Gasteiger partial charge in [0.05, 0.1) is 47.7 Å². The number of methoxy groups -OCH3 is 1. The van der Waals surface area contributed by atoms with E-state index in [2.05, 4.69) is 35.0 Å². The zero-order valence-electron chi connectivity index (χ0n) is 19.2. The van der Waals surface area contributed by atoms with Crippen molar-refractivity contribution in [1.82, 2.24) is 19.9 Å². The van der Waals surface area contributed by atoms with Gasteiger partial charge in [-0.2, -0.15) is 15.0 Å². The minimum Gasteiger partial charge on any atom is -0.497 e. The van der Waals surface area contributed by atoms with Crippen LogP contribution in [-0.2, 0) is 0 Å². The van der Waals surface area contributed by atoms with Gasteiger partial charge in [-0.3, -0.25) is 9.21 Å². The summed E-state index contributed by atoms with van der Waals surface area (Å²) in [6.07, 6.45) is 4.88. The molecule has 0 spiro atoms. The van der Waals surface area contributed by atoms with Crippen molar-refractivity contribution in [3.8, 4) is 11.4 Å². The number of likely N-dealkylation sites (N-methyl/N-ethyl adjacent to an activating group) is 1. The van der Waals surface area contributed by atoms with Gasteiger partial charge in [0.1, 0.15) is 11.4 Å². The second-order valence-electron chi connectivity index (χ2n) is 8.89. The average Bonchev–Trinajstić information content (AvgIpc) is 3.56. The molecule has 33 heavy (non-hydrogen) atoms. The molecular weight excluding hydrogens is 440 g/mol. The van der Waals surface area contributed by atoms with Crippen molar-refractivity contribution in [2.75, 3.05) is 30.0 Å². The number of fused-ring (bicyclic) bond motifs is 1. The fourth-order valence-corrected chi connectivity index (χ4v) is 5.78. The highest BCUT2D eigenvalue weighted by Gasteiger charge is 2.61. The third-order valence-corrected chi connectivity index (χ3v) is 7.98. The van der Waals surface area contributed by atoms with E-state index in [0.29, 0.717) is 23.5 Å². The van der Waals surface area contributed by atoms with Crippen molar-refractivity contribution in [3.05, 3.63) is 60.4 Å². The molecule has 3 heterocycles. The van der Waals surface area contributed by atoms with Crippen LogP contribution in [0.5, 0.6) is 5.75 Å². The lowest BCUT2D eigenvalue weighted by molar-refractivity contribution is 0.0466. The van der Waals surface area contributed by atoms with Gasteiger partial charge in [-0.1, -0.05) is 12.1 Å². The fraction of sp³-hybridized carbons (Fsp3) is 0.375. The Morgan fingerprint density at radius 1 is 1.06 bits per heavy atom. The van der Waals surface area contributed by atoms with Crippen molar-refractivity contribution in [1.29, 1.82) is 0 Å². The molecule has 3 aromatic rings. The number of hydrogen-bond acceptors (Lipinski definition) is 6. The Labute approximate surface area is 198 Å². The minimum atomic E-state index is -0.659. The number of hydrogen-bond donors (Lipinski definition) is 0. The topological polar surface area (TPSA) is 66.7 Å². The van der Waals surface area contributed by atoms with Crippen LogP contribution < -0.4 is 14.1 Å². The third kappa shape index (κ3) is 2.93. The van der Waals surface area contributed by atoms with E-state index >= 15 is 0 Å². The van der Waals surface area contributed by atoms with E-state index in [9.17, 15) is 4.79 Å². The Morgan fingerprint density at radius 3 is 2.42 bits per heavy atom. The molecule has 1 amide bonds. The number of anilines is 2. The number of amides is 1. The first-order valence-corrected chi connectivity index (χ1v) is 11.3. The maximum atomic E-state index is 14.2. The highest BCUT2D eigenvalue weighted by Crippen LogP contribution is 2.54. The third-order valence-electron chi connectivity index (χ3n) is 7.46. The Kier molecular flexibility index (Phi) is 5.01. The monoisotopic (exact) mass is 466 g/mol. The van der Waals surface area contributed by atoms with Crippen LogP contribution in [0.3, 0.4) is 0 Å². The van der Waals surface area contributed by atoms with Crippen molar-refractivity contribution >= 4 is 29.1 Å². The molecule has 1 aromatic heterocycles. The number of nitrogens with zero attached hydrogens (tertiary/aromatic N) is 6. The van der Waals surface area contributed by atoms with Gasteiger partial charge in [-0.15, -0.1) is 0 Å². The second kappa shape index (κ2) is 7.66. The van der Waals surface area contributed by atoms with Crippen LogP contribution in [0.4, 0.5) is 11.4 Å². The van der Waals surface area contributed by atoms with Gasteiger partial charge in [-0.25, -0.2) is 0 Å². The second-order valence-corrected chi connectivity index (χ2v) is 9.22. The highest BCUT2D eigenvalue weighted by atomic mass is 35.5. The predicted octanol–water partition coefficient (Wildman–Crippen LogP) is 4.10. The van der Waals surface area contributed by atoms with Gasteiger partial charge < -0.3 is 14.5 Å². The van der Waals surface area contributed by atoms with Crippen molar-refractivity contribution in [2.24, 2.45) is 0 Å². The maximum absolute atomic E-state index is 14.2. The van der Waals surface area contributed by atoms with E-state index in [1.54, 1.807) is 30.0 Å². The first-order chi connectivity index (χ1) is 15.8. The zero-order valence-corrected chi connectivity index (χ0v) is 20.0. The highest BCUT2D eigenvalue weighted by molar-refractivity contribution is 6.28. The summed E-state index contributed by atoms with van der Waals surface area (Å²) in [5.41, 5.74) is 1.84. The van der Waals surface area contributed by atoms with Crippen LogP contribution in [0.15, 0.2) is 54.9 Å². The van der Waals surface area contributed by atoms with Gasteiger partial charge in [0.25, 0.3) is 5.91 Å². The van der Waals surface area contributed by atoms with Crippen LogP contribution in [0.1, 0.15) is 37.0 Å². The molecule has 2 aliphatic heterocycles. The van der Waals surface area contributed by atoms with Crippen LogP contribution in [-0.4, -0.2) is 57.7 Å². The van der Waals surface area contributed by atoms with E-state index in [0.717, 1.165) is 24.2 Å². The summed E-state index contributed by atoms with van der Waals surface area (Å²) in [6, 6.07) is 13.4. The molecule has 2 atom stereocenters. The number of rotatable bonds is 4. The van der Waals surface area contributed by atoms with Gasteiger partial charge in [0, 0.05) is 25.4 Å². The van der Waals surface area contributed by atoms with Crippen molar-refractivity contribution < 1.29 is 9.53 Å². The summed E-state index contributed by atoms with van der Waals surface area (Å²) in [4.78, 5) is 19.8. The zero-order chi connectivity index (χ0) is 23.4. The molecular formula is C24H27ClN6O2. The molecule has 5 rings (SSSR count). The van der Waals surface area contributed by atoms with E-state index in [4.69, 9.17) is 16.5 Å². The molecule has 2 aliphatic rings. The lowest BCUT2D eigenvalue weighted by Gasteiger charge is -2.53. The molecule has 0 N–H and O–H groups in total. The number of ether oxygens (including phenoxy) is 1. The lowest BCUT2D eigenvalue weighted by Crippen LogP contribution is -2.70. The predicted molar refractivity (Wildman–Crippen MR) is 128 cm³/mol. The summed E-state index contributed by atoms with van der Waals surface area (Å²) in [7, 11) is 3.63. The molecule has 0 aliphatic carbocycles. The summed E-state index contributed by atoms with van der Waals surface area (Å²) < 4.78 is 7.22. The van der Waals surface area contributed by atoms with Crippen LogP contribution in [0.2, 0.25) is 0 Å². The summed E-state index contributed by atoms with van der Waals surface area (Å²) in [5, 5.41) is 8.49. The van der Waals surface area contributed by atoms with E-state index in [1.807, 2.05) is 42.3 Å². The number of likely N-dealkylation sites (tertiary alicyclic amines) is 1. The molecule has 0 bridgehead atoms. The van der Waals surface area contributed by atoms with Gasteiger partial charge in [-0.05, 0) is 57.0 Å². The van der Waals surface area contributed by atoms with Crippen LogP contribution in [0, 0.1) is 0 Å². The molecule has 2 aromatic carbocycles. The average molecular weight is 467 g/mol. The Hall–Kier alpha value is -3.26. The molecule has 8 nitrogen and oxygen atoms in total. The minimum absolute atomic E-state index is 0.100. The molecule has 0 radical (unpaired) electrons. The van der Waals surface area contributed by atoms with Crippen molar-refractivity contribution in [2.45, 2.75) is 37.9 Å². The fourth-order valence-electron chi connectivity index (χ4n) is 5.34. The van der Waals surface area contributed by atoms with Crippen molar-refractivity contribution in [3.63, 3.8) is 0 Å². The Morgan fingerprint density at radius 2 is 1.76 bits per heavy atom. The first kappa shape index (κ1) is 21.6. The van der Waals surface area contributed by atoms with Gasteiger partial charge in [0.2, 0.25) is 0 Å². The number of para-hydroxylation sites is 2. The standard InChI is InChI=1S/C24H27ClN6O2/c1-23(24(2)28(3)20-8-5-6-9-21(20)30(24)25)12-7-15-29(23)22(32)18-16-17(33-4)10-11-19(18)31-26-13-14-27-31/h5-6,8-11,13-14,16H,7,12,15H2,1-4H3/t23?,24-/m0/s1. The van der Waals surface area contributed by atoms with E-state index in [1.165, 1.54) is 4.80 Å². The van der Waals surface area contributed by atoms with Gasteiger partial charge in [0.15, 0.2) is 0 Å². The molecule has 9 heteroatoms. The molecule has 1 unspecified atom stereocenters. The quantitative estimate of drug-likeness (QED) is 0.539. The Bertz CT molecular complexity index is 1170. The summed E-state index contributed by atoms with van der Waals surface area (Å²) >= 11 is 7.00. The summed E-state index contributed by atoms with van der Waals surface area (Å²) in [6.45, 7) is 4.86. The SMILES string of the molecule is COc1ccc(-n2nccn2)c(C(=O)N2CCCC2(C)[C@@]2(C)N(C)c3ccccc3N2Cl)c1. The first-order valence-electron chi connectivity index (χ1n) is 11.0. The number of halogens is 1. The molecule has 1 fully saturated rings. The summed E-state index contributed by atoms with van der Waals surface area (Å²) in [5.74, 6) is 0.502. The number of carbonyl (C=O) groups excluding carboxylic acids is 1. The van der Waals surface area contributed by atoms with E-state index in [-0.39, 0.29) is 5.91 Å². The smallest absolute Gasteiger partial charge is 0.256 e. The normalized spacial score (nSPS) is 24.3. The largest absolute Gasteiger partial charge is 0.497 e. The van der Waals surface area contributed by atoms with E-state index < -0.39 is 11.2 Å².